The first-order chi connectivity index (χ1) is 13.7. The molecule has 2 bridgehead atoms. The summed E-state index contributed by atoms with van der Waals surface area (Å²) in [4.78, 5) is 37.4. The number of aromatic amines is 1. The molecule has 156 valence electrons. The molecule has 1 aromatic carbocycles. The van der Waals surface area contributed by atoms with Crippen LogP contribution < -0.4 is 16.4 Å². The smallest absolute Gasteiger partial charge is 0.275 e. The summed E-state index contributed by atoms with van der Waals surface area (Å²) >= 11 is 0. The lowest BCUT2D eigenvalue weighted by Gasteiger charge is -2.39. The van der Waals surface area contributed by atoms with Crippen LogP contribution in [0.25, 0.3) is 11.1 Å². The summed E-state index contributed by atoms with van der Waals surface area (Å²) in [6, 6.07) is 0.0495. The summed E-state index contributed by atoms with van der Waals surface area (Å²) in [5.41, 5.74) is -0.839. The van der Waals surface area contributed by atoms with Crippen LogP contribution in [0.3, 0.4) is 0 Å². The lowest BCUT2D eigenvalue weighted by atomic mass is 9.69. The molecule has 5 rings (SSSR count). The van der Waals surface area contributed by atoms with Gasteiger partial charge in [-0.1, -0.05) is 46.5 Å². The molecule has 2 aromatic rings. The molecule has 2 N–H and O–H groups in total. The van der Waals surface area contributed by atoms with Crippen LogP contribution >= 0.6 is 0 Å². The average molecular weight is 399 g/mol. The minimum atomic E-state index is -0.882. The lowest BCUT2D eigenvalue weighted by Crippen LogP contribution is -2.38. The van der Waals surface area contributed by atoms with Crippen LogP contribution in [0.2, 0.25) is 0 Å². The van der Waals surface area contributed by atoms with Crippen molar-refractivity contribution < 1.29 is 5.11 Å². The zero-order valence-corrected chi connectivity index (χ0v) is 17.5. The highest BCUT2D eigenvalue weighted by molar-refractivity contribution is 5.74. The topological polar surface area (TPSA) is 92.2 Å². The number of rotatable bonds is 4. The number of aromatic nitrogens is 2. The maximum Gasteiger partial charge on any atom is 0.275 e. The van der Waals surface area contributed by atoms with E-state index in [0.717, 1.165) is 25.7 Å². The van der Waals surface area contributed by atoms with Crippen molar-refractivity contribution >= 4 is 0 Å². The lowest BCUT2D eigenvalue weighted by molar-refractivity contribution is 0.0990. The van der Waals surface area contributed by atoms with Crippen molar-refractivity contribution in [3.8, 4) is 16.9 Å². The van der Waals surface area contributed by atoms with Gasteiger partial charge in [0.2, 0.25) is 5.43 Å². The first kappa shape index (κ1) is 18.9. The largest absolute Gasteiger partial charge is 0.503 e. The molecule has 0 aliphatic heterocycles. The van der Waals surface area contributed by atoms with E-state index in [1.54, 1.807) is 4.68 Å². The first-order valence-electron chi connectivity index (χ1n) is 11.0. The van der Waals surface area contributed by atoms with E-state index in [9.17, 15) is 19.5 Å². The Bertz CT molecular complexity index is 1110. The Balaban J connectivity index is 1.64. The van der Waals surface area contributed by atoms with Gasteiger partial charge < -0.3 is 5.11 Å². The van der Waals surface area contributed by atoms with Gasteiger partial charge in [0, 0.05) is 5.69 Å². The van der Waals surface area contributed by atoms with Crippen LogP contribution in [0.5, 0.6) is 5.75 Å². The number of aromatic hydroxyl groups is 1. The molecule has 3 saturated carbocycles. The van der Waals surface area contributed by atoms with E-state index in [2.05, 4.69) is 25.9 Å². The fourth-order valence-electron chi connectivity index (χ4n) is 6.79. The molecular formula is C23H30N2O4. The van der Waals surface area contributed by atoms with E-state index in [1.807, 2.05) is 0 Å². The molecule has 3 aliphatic rings. The molecule has 6 nitrogen and oxygen atoms in total. The molecule has 6 heteroatoms. The third-order valence-corrected chi connectivity index (χ3v) is 9.15. The summed E-state index contributed by atoms with van der Waals surface area (Å²) in [6.07, 6.45) is 8.51. The van der Waals surface area contributed by atoms with Crippen LogP contribution in [0, 0.1) is 22.7 Å². The summed E-state index contributed by atoms with van der Waals surface area (Å²) in [5.74, 6) is 0.500. The van der Waals surface area contributed by atoms with Crippen LogP contribution in [0.15, 0.2) is 14.4 Å². The minimum Gasteiger partial charge on any atom is -0.503 e. The zero-order chi connectivity index (χ0) is 20.7. The second-order valence-electron chi connectivity index (χ2n) is 10.5. The van der Waals surface area contributed by atoms with Gasteiger partial charge in [0.25, 0.3) is 11.0 Å². The van der Waals surface area contributed by atoms with E-state index in [1.165, 1.54) is 19.3 Å². The van der Waals surface area contributed by atoms with Crippen molar-refractivity contribution in [3.05, 3.63) is 36.5 Å². The molecule has 0 saturated heterocycles. The van der Waals surface area contributed by atoms with Gasteiger partial charge in [-0.15, -0.1) is 0 Å². The summed E-state index contributed by atoms with van der Waals surface area (Å²) in [5, 5.41) is 13.4. The Labute approximate surface area is 169 Å². The van der Waals surface area contributed by atoms with Gasteiger partial charge in [0.15, 0.2) is 5.75 Å². The third-order valence-electron chi connectivity index (χ3n) is 9.15. The van der Waals surface area contributed by atoms with Crippen molar-refractivity contribution in [2.75, 3.05) is 0 Å². The Morgan fingerprint density at radius 1 is 1.03 bits per heavy atom. The Kier molecular flexibility index (Phi) is 3.88. The minimum absolute atomic E-state index is 0.00408. The number of nitrogens with zero attached hydrogens (tertiary/aromatic N) is 1. The van der Waals surface area contributed by atoms with Gasteiger partial charge >= 0.3 is 0 Å². The van der Waals surface area contributed by atoms with Gasteiger partial charge in [-0.25, -0.2) is 4.68 Å². The molecule has 0 radical (unpaired) electrons. The standard InChI is InChI=1S/C23H30N2O4/c1-22(2)13-8-9-23(22,3)15(11-13)25-21(29)16(17-18(26)20(28)19(17)27)14(24-25)10-12-6-4-5-7-12/h12-13,15,24,26H,4-11H2,1-3H3. The van der Waals surface area contributed by atoms with Crippen LogP contribution in [-0.2, 0) is 6.42 Å². The van der Waals surface area contributed by atoms with E-state index < -0.39 is 16.6 Å². The Hall–Kier alpha value is -2.11. The molecule has 1 aromatic heterocycles. The second kappa shape index (κ2) is 5.96. The van der Waals surface area contributed by atoms with E-state index >= 15 is 0 Å². The molecule has 1 heterocycles. The quantitative estimate of drug-likeness (QED) is 0.773. The van der Waals surface area contributed by atoms with Crippen LogP contribution in [-0.4, -0.2) is 14.9 Å². The maximum atomic E-state index is 13.5. The molecule has 0 spiro atoms. The van der Waals surface area contributed by atoms with Crippen molar-refractivity contribution in [2.24, 2.45) is 22.7 Å². The number of hydrogen-bond donors (Lipinski definition) is 2. The van der Waals surface area contributed by atoms with Gasteiger partial charge in [0.1, 0.15) is 0 Å². The van der Waals surface area contributed by atoms with Crippen LogP contribution in [0.1, 0.15) is 77.5 Å². The summed E-state index contributed by atoms with van der Waals surface area (Å²) in [7, 11) is 0. The van der Waals surface area contributed by atoms with Gasteiger partial charge in [-0.2, -0.15) is 0 Å². The molecular weight excluding hydrogens is 368 g/mol. The van der Waals surface area contributed by atoms with Crippen molar-refractivity contribution in [1.82, 2.24) is 9.78 Å². The Morgan fingerprint density at radius 3 is 2.28 bits per heavy atom. The molecule has 29 heavy (non-hydrogen) atoms. The average Bonchev–Trinajstić information content (AvgIpc) is 3.40. The molecule has 3 unspecified atom stereocenters. The van der Waals surface area contributed by atoms with Crippen molar-refractivity contribution in [3.63, 3.8) is 0 Å². The predicted molar refractivity (Wildman–Crippen MR) is 111 cm³/mol. The first-order valence-corrected chi connectivity index (χ1v) is 11.0. The molecule has 0 amide bonds. The summed E-state index contributed by atoms with van der Waals surface area (Å²) in [6.45, 7) is 6.89. The van der Waals surface area contributed by atoms with Gasteiger partial charge in [-0.3, -0.25) is 19.5 Å². The maximum absolute atomic E-state index is 13.5. The monoisotopic (exact) mass is 398 g/mol. The van der Waals surface area contributed by atoms with E-state index in [4.69, 9.17) is 0 Å². The number of nitrogens with one attached hydrogen (secondary N) is 1. The SMILES string of the molecule is CC1(C)C2CCC1(C)C(n1[nH]c(CC3CCCC3)c(-c3c(O)c(=O)c3=O)c1=O)C2. The van der Waals surface area contributed by atoms with Crippen molar-refractivity contribution in [1.29, 1.82) is 0 Å². The van der Waals surface area contributed by atoms with Gasteiger partial charge in [0.05, 0.1) is 17.2 Å². The predicted octanol–water partition coefficient (Wildman–Crippen LogP) is 3.27. The highest BCUT2D eigenvalue weighted by atomic mass is 16.3. The third kappa shape index (κ3) is 2.32. The number of H-pyrrole nitrogens is 1. The molecule has 3 fully saturated rings. The zero-order valence-electron chi connectivity index (χ0n) is 17.5. The molecule has 3 atom stereocenters. The fourth-order valence-corrected chi connectivity index (χ4v) is 6.79. The Morgan fingerprint density at radius 2 is 1.72 bits per heavy atom. The second-order valence-corrected chi connectivity index (χ2v) is 10.5. The molecule has 3 aliphatic carbocycles. The van der Waals surface area contributed by atoms with E-state index in [0.29, 0.717) is 24.0 Å². The van der Waals surface area contributed by atoms with E-state index in [-0.39, 0.29) is 33.6 Å². The summed E-state index contributed by atoms with van der Waals surface area (Å²) < 4.78 is 1.73. The van der Waals surface area contributed by atoms with Gasteiger partial charge in [-0.05, 0) is 48.3 Å². The highest BCUT2D eigenvalue weighted by Gasteiger charge is 2.62. The van der Waals surface area contributed by atoms with Crippen LogP contribution in [0.4, 0.5) is 0 Å². The van der Waals surface area contributed by atoms with Crippen molar-refractivity contribution in [2.45, 2.75) is 78.2 Å². The number of fused-ring (bicyclic) bond motifs is 2. The number of hydrogen-bond acceptors (Lipinski definition) is 4. The highest BCUT2D eigenvalue weighted by Crippen LogP contribution is 2.69. The normalized spacial score (nSPS) is 31.3. The fraction of sp³-hybridized carbons (Fsp3) is 0.696.